The first-order chi connectivity index (χ1) is 15.9. The Morgan fingerprint density at radius 1 is 1.03 bits per heavy atom. The molecule has 1 aliphatic carbocycles. The summed E-state index contributed by atoms with van der Waals surface area (Å²) in [7, 11) is 0. The topological polar surface area (TPSA) is 63.1 Å². The summed E-state index contributed by atoms with van der Waals surface area (Å²) >= 11 is 0. The van der Waals surface area contributed by atoms with Crippen LogP contribution in [0.3, 0.4) is 0 Å². The van der Waals surface area contributed by atoms with Crippen molar-refractivity contribution in [1.29, 1.82) is 0 Å². The molecule has 0 amide bonds. The number of allylic oxidation sites excluding steroid dienone is 2. The molecule has 5 rings (SSSR count). The van der Waals surface area contributed by atoms with Crippen molar-refractivity contribution in [2.24, 2.45) is 5.41 Å². The van der Waals surface area contributed by atoms with Crippen LogP contribution in [0.15, 0.2) is 65.9 Å². The van der Waals surface area contributed by atoms with Crippen molar-refractivity contribution in [2.45, 2.75) is 46.6 Å². The third-order valence-corrected chi connectivity index (χ3v) is 6.70. The maximum Gasteiger partial charge on any atom is 0.226 e. The lowest BCUT2D eigenvalue weighted by Crippen LogP contribution is -2.36. The minimum absolute atomic E-state index is 0.0740. The fourth-order valence-electron chi connectivity index (χ4n) is 5.08. The second-order valence-electron chi connectivity index (χ2n) is 9.69. The summed E-state index contributed by atoms with van der Waals surface area (Å²) in [6.07, 6.45) is 1.36. The summed E-state index contributed by atoms with van der Waals surface area (Å²) in [5, 5.41) is 8.36. The Labute approximate surface area is 195 Å². The van der Waals surface area contributed by atoms with E-state index in [1.807, 2.05) is 22.9 Å². The number of carbonyl (C=O) groups is 1. The first-order valence-corrected chi connectivity index (χ1v) is 11.8. The summed E-state index contributed by atoms with van der Waals surface area (Å²) < 4.78 is 1.89. The number of nitrogens with one attached hydrogen (secondary N) is 1. The van der Waals surface area contributed by atoms with Gasteiger partial charge in [-0.05, 0) is 55.5 Å². The Balaban J connectivity index is 1.58. The highest BCUT2D eigenvalue weighted by atomic mass is 16.1. The Bertz CT molecular complexity index is 1200. The third kappa shape index (κ3) is 3.84. The summed E-state index contributed by atoms with van der Waals surface area (Å²) in [5.41, 5.74) is 4.93. The Hall–Kier alpha value is -3.41. The van der Waals surface area contributed by atoms with Gasteiger partial charge in [-0.2, -0.15) is 4.98 Å². The first kappa shape index (κ1) is 21.4. The van der Waals surface area contributed by atoms with Crippen LogP contribution < -0.4 is 10.2 Å². The fourth-order valence-corrected chi connectivity index (χ4v) is 5.08. The SMILES string of the molecule is CCN(CC)c1ccc(-c2nc3n(n2)C(c2ccccc2)C2=C(CC(C)(C)CC2=O)N3)cc1. The number of Topliss-reactive ketones (excluding diaryl/α,β-unsaturated/α-hetero) is 1. The quantitative estimate of drug-likeness (QED) is 0.570. The van der Waals surface area contributed by atoms with Gasteiger partial charge in [0, 0.05) is 42.0 Å². The van der Waals surface area contributed by atoms with Gasteiger partial charge in [0.05, 0.1) is 0 Å². The van der Waals surface area contributed by atoms with E-state index in [0.717, 1.165) is 41.9 Å². The number of anilines is 2. The normalized spacial score (nSPS) is 19.0. The average molecular weight is 442 g/mol. The van der Waals surface area contributed by atoms with Crippen LogP contribution in [0.1, 0.15) is 52.1 Å². The van der Waals surface area contributed by atoms with Gasteiger partial charge in [0.1, 0.15) is 6.04 Å². The molecule has 1 aromatic heterocycles. The number of nitrogens with zero attached hydrogens (tertiary/aromatic N) is 4. The van der Waals surface area contributed by atoms with Crippen molar-refractivity contribution in [3.8, 4) is 11.4 Å². The predicted octanol–water partition coefficient (Wildman–Crippen LogP) is 5.45. The van der Waals surface area contributed by atoms with Crippen LogP contribution in [-0.2, 0) is 4.79 Å². The highest BCUT2D eigenvalue weighted by Gasteiger charge is 2.41. The molecule has 1 atom stereocenters. The lowest BCUT2D eigenvalue weighted by Gasteiger charge is -2.38. The van der Waals surface area contributed by atoms with Crippen molar-refractivity contribution < 1.29 is 4.79 Å². The molecule has 0 fully saturated rings. The first-order valence-electron chi connectivity index (χ1n) is 11.8. The lowest BCUT2D eigenvalue weighted by molar-refractivity contribution is -0.118. The zero-order valence-corrected chi connectivity index (χ0v) is 19.8. The number of hydrogen-bond acceptors (Lipinski definition) is 5. The second kappa shape index (κ2) is 8.18. The lowest BCUT2D eigenvalue weighted by atomic mass is 9.73. The van der Waals surface area contributed by atoms with E-state index < -0.39 is 0 Å². The second-order valence-corrected chi connectivity index (χ2v) is 9.69. The molecule has 170 valence electrons. The monoisotopic (exact) mass is 441 g/mol. The zero-order chi connectivity index (χ0) is 23.2. The van der Waals surface area contributed by atoms with Crippen LogP contribution in [0.25, 0.3) is 11.4 Å². The van der Waals surface area contributed by atoms with E-state index in [1.54, 1.807) is 0 Å². The molecule has 0 saturated heterocycles. The zero-order valence-electron chi connectivity index (χ0n) is 19.8. The maximum absolute atomic E-state index is 13.3. The van der Waals surface area contributed by atoms with Crippen LogP contribution in [-0.4, -0.2) is 33.6 Å². The number of carbonyl (C=O) groups excluding carboxylic acids is 1. The molecule has 6 heteroatoms. The average Bonchev–Trinajstić information content (AvgIpc) is 3.22. The van der Waals surface area contributed by atoms with Gasteiger partial charge in [-0.25, -0.2) is 4.68 Å². The van der Waals surface area contributed by atoms with E-state index in [4.69, 9.17) is 10.1 Å². The fraction of sp³-hybridized carbons (Fsp3) is 0.370. The molecule has 1 N–H and O–H groups in total. The number of ketones is 1. The molecule has 0 radical (unpaired) electrons. The van der Waals surface area contributed by atoms with Gasteiger partial charge in [0.15, 0.2) is 11.6 Å². The molecule has 0 spiro atoms. The van der Waals surface area contributed by atoms with E-state index >= 15 is 0 Å². The summed E-state index contributed by atoms with van der Waals surface area (Å²) in [6, 6.07) is 18.3. The Kier molecular flexibility index (Phi) is 5.31. The smallest absolute Gasteiger partial charge is 0.226 e. The van der Waals surface area contributed by atoms with Crippen molar-refractivity contribution in [2.75, 3.05) is 23.3 Å². The summed E-state index contributed by atoms with van der Waals surface area (Å²) in [5.74, 6) is 1.54. The Morgan fingerprint density at radius 3 is 2.39 bits per heavy atom. The summed E-state index contributed by atoms with van der Waals surface area (Å²) in [6.45, 7) is 10.6. The number of fused-ring (bicyclic) bond motifs is 1. The highest BCUT2D eigenvalue weighted by molar-refractivity contribution is 6.00. The third-order valence-electron chi connectivity index (χ3n) is 6.70. The van der Waals surface area contributed by atoms with Gasteiger partial charge in [0.2, 0.25) is 5.95 Å². The predicted molar refractivity (Wildman–Crippen MR) is 132 cm³/mol. The standard InChI is InChI=1S/C27H31N5O/c1-5-31(6-2)20-14-12-19(13-15-20)25-29-26-28-21-16-27(3,4)17-22(33)23(21)24(32(26)30-25)18-10-8-7-9-11-18/h7-15,24H,5-6,16-17H2,1-4H3,(H,28,29,30). The molecule has 6 nitrogen and oxygen atoms in total. The number of benzene rings is 2. The molecule has 2 aromatic carbocycles. The van der Waals surface area contributed by atoms with Crippen LogP contribution in [0.4, 0.5) is 11.6 Å². The van der Waals surface area contributed by atoms with E-state index in [1.165, 1.54) is 5.69 Å². The highest BCUT2D eigenvalue weighted by Crippen LogP contribution is 2.45. The van der Waals surface area contributed by atoms with Crippen LogP contribution >= 0.6 is 0 Å². The number of hydrogen-bond donors (Lipinski definition) is 1. The van der Waals surface area contributed by atoms with Gasteiger partial charge < -0.3 is 10.2 Å². The maximum atomic E-state index is 13.3. The molecule has 2 heterocycles. The van der Waals surface area contributed by atoms with Crippen molar-refractivity contribution >= 4 is 17.4 Å². The largest absolute Gasteiger partial charge is 0.372 e. The van der Waals surface area contributed by atoms with Crippen molar-refractivity contribution in [3.05, 3.63) is 71.4 Å². The van der Waals surface area contributed by atoms with Crippen LogP contribution in [0.5, 0.6) is 0 Å². The van der Waals surface area contributed by atoms with Crippen LogP contribution in [0.2, 0.25) is 0 Å². The van der Waals surface area contributed by atoms with Gasteiger partial charge in [-0.1, -0.05) is 44.2 Å². The minimum atomic E-state index is -0.266. The van der Waals surface area contributed by atoms with E-state index in [0.29, 0.717) is 18.2 Å². The van der Waals surface area contributed by atoms with Gasteiger partial charge >= 0.3 is 0 Å². The molecular formula is C27H31N5O. The molecule has 1 aliphatic heterocycles. The number of aromatic nitrogens is 3. The van der Waals surface area contributed by atoms with Gasteiger partial charge in [-0.15, -0.1) is 5.10 Å². The van der Waals surface area contributed by atoms with Crippen LogP contribution in [0, 0.1) is 5.41 Å². The van der Waals surface area contributed by atoms with E-state index in [9.17, 15) is 4.79 Å². The molecule has 0 saturated carbocycles. The van der Waals surface area contributed by atoms with Crippen molar-refractivity contribution in [3.63, 3.8) is 0 Å². The van der Waals surface area contributed by atoms with Gasteiger partial charge in [0.25, 0.3) is 0 Å². The molecule has 1 unspecified atom stereocenters. The minimum Gasteiger partial charge on any atom is -0.372 e. The Morgan fingerprint density at radius 2 is 1.73 bits per heavy atom. The summed E-state index contributed by atoms with van der Waals surface area (Å²) in [4.78, 5) is 20.5. The molecule has 2 aliphatic rings. The van der Waals surface area contributed by atoms with Crippen molar-refractivity contribution in [1.82, 2.24) is 14.8 Å². The van der Waals surface area contributed by atoms with E-state index in [-0.39, 0.29) is 17.2 Å². The molecule has 3 aromatic rings. The molecular weight excluding hydrogens is 410 g/mol. The molecule has 0 bridgehead atoms. The van der Waals surface area contributed by atoms with E-state index in [2.05, 4.69) is 74.3 Å². The van der Waals surface area contributed by atoms with Gasteiger partial charge in [-0.3, -0.25) is 4.79 Å². The molecule has 33 heavy (non-hydrogen) atoms. The number of rotatable bonds is 5.